The Bertz CT molecular complexity index is 861. The zero-order valence-corrected chi connectivity index (χ0v) is 14.3. The summed E-state index contributed by atoms with van der Waals surface area (Å²) < 4.78 is 0. The molecule has 2 amide bonds. The molecule has 130 valence electrons. The first-order chi connectivity index (χ1) is 12.2. The molecule has 1 aliphatic heterocycles. The van der Waals surface area contributed by atoms with Crippen molar-refractivity contribution in [1.29, 1.82) is 0 Å². The summed E-state index contributed by atoms with van der Waals surface area (Å²) in [4.78, 5) is 30.4. The molecule has 0 atom stereocenters. The molecule has 2 aromatic rings. The lowest BCUT2D eigenvalue weighted by Gasteiger charge is -2.34. The molecule has 2 saturated carbocycles. The van der Waals surface area contributed by atoms with E-state index in [2.05, 4.69) is 10.3 Å². The maximum absolute atomic E-state index is 12.6. The third kappa shape index (κ3) is 2.62. The van der Waals surface area contributed by atoms with Gasteiger partial charge in [-0.05, 0) is 43.9 Å². The Morgan fingerprint density at radius 1 is 1.16 bits per heavy atom. The third-order valence-corrected chi connectivity index (χ3v) is 5.92. The Labute approximate surface area is 146 Å². The molecule has 2 fully saturated rings. The fraction of sp³-hybridized carbons (Fsp3) is 0.500. The lowest BCUT2D eigenvalue weighted by molar-refractivity contribution is -0.139. The van der Waals surface area contributed by atoms with Gasteiger partial charge in [0.15, 0.2) is 0 Å². The van der Waals surface area contributed by atoms with Gasteiger partial charge in [-0.25, -0.2) is 0 Å². The normalized spacial score (nSPS) is 20.2. The number of nitrogens with zero attached hydrogens (tertiary/aromatic N) is 1. The quantitative estimate of drug-likeness (QED) is 0.904. The molecule has 5 nitrogen and oxygen atoms in total. The van der Waals surface area contributed by atoms with Crippen molar-refractivity contribution in [2.24, 2.45) is 5.92 Å². The molecule has 0 unspecified atom stereocenters. The van der Waals surface area contributed by atoms with Crippen LogP contribution in [0.15, 0.2) is 18.2 Å². The summed E-state index contributed by atoms with van der Waals surface area (Å²) >= 11 is 0. The van der Waals surface area contributed by atoms with Crippen LogP contribution in [0.3, 0.4) is 0 Å². The SMILES string of the molecule is O=C(NC1CC1)c1ccc2[nH]c3c(c2c1)CN(C(=O)C1CCC1)CC3. The molecule has 5 rings (SSSR count). The Morgan fingerprint density at radius 2 is 2.00 bits per heavy atom. The van der Waals surface area contributed by atoms with E-state index in [0.29, 0.717) is 24.1 Å². The predicted octanol–water partition coefficient (Wildman–Crippen LogP) is 2.74. The lowest BCUT2D eigenvalue weighted by atomic mass is 9.84. The van der Waals surface area contributed by atoms with Gasteiger partial charge in [-0.3, -0.25) is 9.59 Å². The van der Waals surface area contributed by atoms with Gasteiger partial charge in [-0.15, -0.1) is 0 Å². The lowest BCUT2D eigenvalue weighted by Crippen LogP contribution is -2.41. The van der Waals surface area contributed by atoms with E-state index in [1.165, 1.54) is 17.7 Å². The number of benzene rings is 1. The van der Waals surface area contributed by atoms with E-state index in [0.717, 1.165) is 49.6 Å². The number of aromatic nitrogens is 1. The average Bonchev–Trinajstić information content (AvgIpc) is 3.30. The number of hydrogen-bond donors (Lipinski definition) is 2. The van der Waals surface area contributed by atoms with E-state index >= 15 is 0 Å². The molecule has 2 N–H and O–H groups in total. The van der Waals surface area contributed by atoms with Crippen LogP contribution in [-0.2, 0) is 17.8 Å². The van der Waals surface area contributed by atoms with E-state index in [4.69, 9.17) is 0 Å². The van der Waals surface area contributed by atoms with Crippen molar-refractivity contribution in [2.75, 3.05) is 6.54 Å². The second kappa shape index (κ2) is 5.61. The fourth-order valence-electron chi connectivity index (χ4n) is 3.95. The highest BCUT2D eigenvalue weighted by molar-refractivity contribution is 5.99. The van der Waals surface area contributed by atoms with Gasteiger partial charge < -0.3 is 15.2 Å². The van der Waals surface area contributed by atoms with Gasteiger partial charge in [0.05, 0.1) is 0 Å². The summed E-state index contributed by atoms with van der Waals surface area (Å²) in [5.41, 5.74) is 4.18. The van der Waals surface area contributed by atoms with Crippen molar-refractivity contribution >= 4 is 22.7 Å². The van der Waals surface area contributed by atoms with Crippen molar-refractivity contribution < 1.29 is 9.59 Å². The van der Waals surface area contributed by atoms with Crippen LogP contribution in [-0.4, -0.2) is 34.3 Å². The molecule has 2 heterocycles. The second-order valence-corrected chi connectivity index (χ2v) is 7.73. The van der Waals surface area contributed by atoms with E-state index in [1.54, 1.807) is 0 Å². The molecule has 0 saturated heterocycles. The minimum Gasteiger partial charge on any atom is -0.358 e. The summed E-state index contributed by atoms with van der Waals surface area (Å²) in [6, 6.07) is 6.23. The number of carbonyl (C=O) groups is 2. The van der Waals surface area contributed by atoms with Crippen LogP contribution in [0.25, 0.3) is 10.9 Å². The summed E-state index contributed by atoms with van der Waals surface area (Å²) in [6.45, 7) is 1.46. The summed E-state index contributed by atoms with van der Waals surface area (Å²) in [7, 11) is 0. The number of rotatable bonds is 3. The van der Waals surface area contributed by atoms with Crippen molar-refractivity contribution in [1.82, 2.24) is 15.2 Å². The van der Waals surface area contributed by atoms with Crippen LogP contribution < -0.4 is 5.32 Å². The number of fused-ring (bicyclic) bond motifs is 3. The van der Waals surface area contributed by atoms with Gasteiger partial charge in [0.25, 0.3) is 5.91 Å². The Balaban J connectivity index is 1.44. The number of carbonyl (C=O) groups excluding carboxylic acids is 2. The van der Waals surface area contributed by atoms with E-state index in [1.807, 2.05) is 23.1 Å². The first-order valence-electron chi connectivity index (χ1n) is 9.42. The molecule has 3 aliphatic rings. The van der Waals surface area contributed by atoms with Crippen LogP contribution in [0.4, 0.5) is 0 Å². The summed E-state index contributed by atoms with van der Waals surface area (Å²) in [6.07, 6.45) is 6.31. The molecule has 0 spiro atoms. The molecular formula is C20H23N3O2. The number of aromatic amines is 1. The molecule has 0 radical (unpaired) electrons. The largest absolute Gasteiger partial charge is 0.358 e. The molecule has 0 bridgehead atoms. The van der Waals surface area contributed by atoms with Gasteiger partial charge in [0.2, 0.25) is 5.91 Å². The van der Waals surface area contributed by atoms with Crippen molar-refractivity contribution in [3.8, 4) is 0 Å². The van der Waals surface area contributed by atoms with E-state index in [9.17, 15) is 9.59 Å². The standard InChI is InChI=1S/C20H23N3O2/c24-19(21-14-5-6-14)13-4-7-17-15(10-13)16-11-23(9-8-18(16)22-17)20(25)12-2-1-3-12/h4,7,10,12,14,22H,1-3,5-6,8-9,11H2,(H,21,24). The topological polar surface area (TPSA) is 65.2 Å². The fourth-order valence-corrected chi connectivity index (χ4v) is 3.95. The van der Waals surface area contributed by atoms with Gasteiger partial charge in [0, 0.05) is 59.2 Å². The first kappa shape index (κ1) is 15.0. The van der Waals surface area contributed by atoms with Crippen LogP contribution in [0.2, 0.25) is 0 Å². The molecule has 2 aliphatic carbocycles. The first-order valence-corrected chi connectivity index (χ1v) is 9.42. The third-order valence-electron chi connectivity index (χ3n) is 5.92. The monoisotopic (exact) mass is 337 g/mol. The van der Waals surface area contributed by atoms with E-state index in [-0.39, 0.29) is 11.8 Å². The maximum atomic E-state index is 12.6. The highest BCUT2D eigenvalue weighted by Gasteiger charge is 2.32. The smallest absolute Gasteiger partial charge is 0.251 e. The number of amides is 2. The van der Waals surface area contributed by atoms with E-state index < -0.39 is 0 Å². The minimum absolute atomic E-state index is 0.0116. The van der Waals surface area contributed by atoms with Gasteiger partial charge >= 0.3 is 0 Å². The molecule has 5 heteroatoms. The van der Waals surface area contributed by atoms with Crippen molar-refractivity contribution in [3.63, 3.8) is 0 Å². The highest BCUT2D eigenvalue weighted by atomic mass is 16.2. The number of hydrogen-bond acceptors (Lipinski definition) is 2. The molecule has 1 aromatic heterocycles. The van der Waals surface area contributed by atoms with Crippen molar-refractivity contribution in [2.45, 2.75) is 51.1 Å². The van der Waals surface area contributed by atoms with Crippen molar-refractivity contribution in [3.05, 3.63) is 35.0 Å². The predicted molar refractivity (Wildman–Crippen MR) is 95.2 cm³/mol. The summed E-state index contributed by atoms with van der Waals surface area (Å²) in [5.74, 6) is 0.568. The molecular weight excluding hydrogens is 314 g/mol. The zero-order valence-electron chi connectivity index (χ0n) is 14.3. The minimum atomic E-state index is 0.0116. The number of H-pyrrole nitrogens is 1. The highest BCUT2D eigenvalue weighted by Crippen LogP contribution is 2.33. The molecule has 25 heavy (non-hydrogen) atoms. The van der Waals surface area contributed by atoms with Gasteiger partial charge in [-0.2, -0.15) is 0 Å². The number of nitrogens with one attached hydrogen (secondary N) is 2. The second-order valence-electron chi connectivity index (χ2n) is 7.73. The van der Waals surface area contributed by atoms with Gasteiger partial charge in [0.1, 0.15) is 0 Å². The zero-order chi connectivity index (χ0) is 17.0. The summed E-state index contributed by atoms with van der Waals surface area (Å²) in [5, 5.41) is 4.14. The van der Waals surface area contributed by atoms with Crippen LogP contribution in [0, 0.1) is 5.92 Å². The average molecular weight is 337 g/mol. The van der Waals surface area contributed by atoms with Crippen LogP contribution >= 0.6 is 0 Å². The van der Waals surface area contributed by atoms with Gasteiger partial charge in [-0.1, -0.05) is 6.42 Å². The molecule has 1 aromatic carbocycles. The Kier molecular flexibility index (Phi) is 3.37. The Hall–Kier alpha value is -2.30. The Morgan fingerprint density at radius 3 is 2.72 bits per heavy atom. The van der Waals surface area contributed by atoms with Crippen LogP contribution in [0.5, 0.6) is 0 Å². The maximum Gasteiger partial charge on any atom is 0.251 e. The van der Waals surface area contributed by atoms with Crippen LogP contribution in [0.1, 0.15) is 53.7 Å².